The SMILES string of the molecule is C#C/C=C\CC(C)(C)C. The van der Waals surface area contributed by atoms with Crippen molar-refractivity contribution >= 4 is 0 Å². The molecule has 0 spiro atoms. The Bertz CT molecular complexity index is 127. The number of rotatable bonds is 1. The second-order valence-corrected chi connectivity index (χ2v) is 3.33. The summed E-state index contributed by atoms with van der Waals surface area (Å²) in [5.41, 5.74) is 0.368. The van der Waals surface area contributed by atoms with Gasteiger partial charge in [-0.15, -0.1) is 6.42 Å². The molecule has 0 nitrogen and oxygen atoms in total. The van der Waals surface area contributed by atoms with E-state index in [1.165, 1.54) is 0 Å². The lowest BCUT2D eigenvalue weighted by molar-refractivity contribution is 0.420. The van der Waals surface area contributed by atoms with Gasteiger partial charge in [-0.25, -0.2) is 0 Å². The smallest absolute Gasteiger partial charge is 0.0161 e. The predicted molar refractivity (Wildman–Crippen MR) is 42.0 cm³/mol. The van der Waals surface area contributed by atoms with E-state index in [1.54, 1.807) is 6.08 Å². The van der Waals surface area contributed by atoms with Crippen LogP contribution in [0.15, 0.2) is 12.2 Å². The molecule has 0 heteroatoms. The van der Waals surface area contributed by atoms with Crippen molar-refractivity contribution in [3.63, 3.8) is 0 Å². The normalized spacial score (nSPS) is 11.8. The maximum atomic E-state index is 5.02. The van der Waals surface area contributed by atoms with Gasteiger partial charge in [0, 0.05) is 0 Å². The molecular formula is C9H14. The highest BCUT2D eigenvalue weighted by Crippen LogP contribution is 2.18. The number of hydrogen-bond acceptors (Lipinski definition) is 0. The highest BCUT2D eigenvalue weighted by Gasteiger charge is 2.05. The van der Waals surface area contributed by atoms with Gasteiger partial charge in [0.2, 0.25) is 0 Å². The van der Waals surface area contributed by atoms with E-state index in [0.717, 1.165) is 6.42 Å². The van der Waals surface area contributed by atoms with Crippen molar-refractivity contribution in [3.05, 3.63) is 12.2 Å². The molecule has 0 N–H and O–H groups in total. The summed E-state index contributed by atoms with van der Waals surface area (Å²) in [6, 6.07) is 0. The molecule has 0 unspecified atom stereocenters. The van der Waals surface area contributed by atoms with Gasteiger partial charge in [0.15, 0.2) is 0 Å². The molecule has 0 aliphatic carbocycles. The highest BCUT2D eigenvalue weighted by molar-refractivity contribution is 5.09. The highest BCUT2D eigenvalue weighted by atomic mass is 14.1. The van der Waals surface area contributed by atoms with Crippen LogP contribution in [-0.4, -0.2) is 0 Å². The minimum Gasteiger partial charge on any atom is -0.115 e. The summed E-state index contributed by atoms with van der Waals surface area (Å²) < 4.78 is 0. The van der Waals surface area contributed by atoms with Crippen molar-refractivity contribution < 1.29 is 0 Å². The zero-order valence-corrected chi connectivity index (χ0v) is 6.44. The van der Waals surface area contributed by atoms with Crippen LogP contribution in [0.5, 0.6) is 0 Å². The molecule has 0 aromatic heterocycles. The Balaban J connectivity index is 3.54. The number of hydrogen-bond donors (Lipinski definition) is 0. The summed E-state index contributed by atoms with van der Waals surface area (Å²) in [7, 11) is 0. The molecule has 0 saturated carbocycles. The van der Waals surface area contributed by atoms with Crippen LogP contribution < -0.4 is 0 Å². The third-order valence-corrected chi connectivity index (χ3v) is 0.944. The summed E-state index contributed by atoms with van der Waals surface area (Å²) in [5, 5.41) is 0. The summed E-state index contributed by atoms with van der Waals surface area (Å²) >= 11 is 0. The third kappa shape index (κ3) is 7.30. The Morgan fingerprint density at radius 1 is 1.44 bits per heavy atom. The fourth-order valence-electron chi connectivity index (χ4n) is 0.481. The van der Waals surface area contributed by atoms with Crippen LogP contribution in [-0.2, 0) is 0 Å². The molecule has 0 rings (SSSR count). The van der Waals surface area contributed by atoms with Gasteiger partial charge >= 0.3 is 0 Å². The monoisotopic (exact) mass is 122 g/mol. The summed E-state index contributed by atoms with van der Waals surface area (Å²) in [6.07, 6.45) is 9.86. The maximum Gasteiger partial charge on any atom is -0.0161 e. The summed E-state index contributed by atoms with van der Waals surface area (Å²) in [4.78, 5) is 0. The van der Waals surface area contributed by atoms with E-state index in [4.69, 9.17) is 6.42 Å². The first kappa shape index (κ1) is 8.30. The van der Waals surface area contributed by atoms with Crippen LogP contribution in [0.25, 0.3) is 0 Å². The predicted octanol–water partition coefficient (Wildman–Crippen LogP) is 2.61. The average molecular weight is 122 g/mol. The van der Waals surface area contributed by atoms with Crippen LogP contribution in [0.1, 0.15) is 27.2 Å². The lowest BCUT2D eigenvalue weighted by atomic mass is 9.92. The van der Waals surface area contributed by atoms with Gasteiger partial charge in [0.1, 0.15) is 0 Å². The minimum atomic E-state index is 0.368. The Labute approximate surface area is 58.0 Å². The number of allylic oxidation sites excluding steroid dienone is 2. The molecule has 9 heavy (non-hydrogen) atoms. The van der Waals surface area contributed by atoms with E-state index >= 15 is 0 Å². The van der Waals surface area contributed by atoms with Gasteiger partial charge < -0.3 is 0 Å². The largest absolute Gasteiger partial charge is 0.115 e. The second kappa shape index (κ2) is 3.35. The summed E-state index contributed by atoms with van der Waals surface area (Å²) in [6.45, 7) is 6.57. The number of terminal acetylenes is 1. The average Bonchev–Trinajstić information content (AvgIpc) is 1.63. The second-order valence-electron chi connectivity index (χ2n) is 3.33. The quantitative estimate of drug-likeness (QED) is 0.469. The van der Waals surface area contributed by atoms with E-state index in [9.17, 15) is 0 Å². The molecular weight excluding hydrogens is 108 g/mol. The lowest BCUT2D eigenvalue weighted by Gasteiger charge is -2.13. The Morgan fingerprint density at radius 2 is 2.00 bits per heavy atom. The van der Waals surface area contributed by atoms with Crippen LogP contribution in [0.4, 0.5) is 0 Å². The lowest BCUT2D eigenvalue weighted by Crippen LogP contribution is -2.01. The van der Waals surface area contributed by atoms with Gasteiger partial charge in [0.25, 0.3) is 0 Å². The van der Waals surface area contributed by atoms with E-state index < -0.39 is 0 Å². The van der Waals surface area contributed by atoms with Crippen molar-refractivity contribution in [2.45, 2.75) is 27.2 Å². The standard InChI is InChI=1S/C9H14/c1-5-6-7-8-9(2,3)4/h1,6-7H,8H2,2-4H3/b7-6-. The fraction of sp³-hybridized carbons (Fsp3) is 0.556. The molecule has 0 heterocycles. The van der Waals surface area contributed by atoms with Crippen LogP contribution in [0.2, 0.25) is 0 Å². The van der Waals surface area contributed by atoms with Crippen molar-refractivity contribution in [2.24, 2.45) is 5.41 Å². The first-order valence-electron chi connectivity index (χ1n) is 3.17. The van der Waals surface area contributed by atoms with Crippen molar-refractivity contribution in [3.8, 4) is 12.3 Å². The Kier molecular flexibility index (Phi) is 3.09. The molecule has 0 bridgehead atoms. The molecule has 0 radical (unpaired) electrons. The Morgan fingerprint density at radius 3 is 2.33 bits per heavy atom. The molecule has 0 amide bonds. The van der Waals surface area contributed by atoms with Gasteiger partial charge in [-0.3, -0.25) is 0 Å². The Hall–Kier alpha value is -0.700. The van der Waals surface area contributed by atoms with Crippen molar-refractivity contribution in [2.75, 3.05) is 0 Å². The zero-order chi connectivity index (χ0) is 7.33. The van der Waals surface area contributed by atoms with Crippen molar-refractivity contribution in [1.29, 1.82) is 0 Å². The van der Waals surface area contributed by atoms with E-state index in [0.29, 0.717) is 5.41 Å². The third-order valence-electron chi connectivity index (χ3n) is 0.944. The van der Waals surface area contributed by atoms with Crippen LogP contribution >= 0.6 is 0 Å². The molecule has 0 aromatic carbocycles. The summed E-state index contributed by atoms with van der Waals surface area (Å²) in [5.74, 6) is 2.46. The van der Waals surface area contributed by atoms with Crippen LogP contribution in [0, 0.1) is 17.8 Å². The van der Waals surface area contributed by atoms with Gasteiger partial charge in [-0.05, 0) is 17.9 Å². The molecule has 0 aliphatic heterocycles. The minimum absolute atomic E-state index is 0.368. The van der Waals surface area contributed by atoms with E-state index in [-0.39, 0.29) is 0 Å². The fourth-order valence-corrected chi connectivity index (χ4v) is 0.481. The molecule has 0 aliphatic rings. The first-order valence-corrected chi connectivity index (χ1v) is 3.17. The zero-order valence-electron chi connectivity index (χ0n) is 6.44. The van der Waals surface area contributed by atoms with Gasteiger partial charge in [-0.2, -0.15) is 0 Å². The van der Waals surface area contributed by atoms with Gasteiger partial charge in [-0.1, -0.05) is 32.8 Å². The maximum absolute atomic E-state index is 5.02. The molecule has 0 saturated heterocycles. The topological polar surface area (TPSA) is 0 Å². The molecule has 0 fully saturated rings. The van der Waals surface area contributed by atoms with E-state index in [1.807, 2.05) is 6.08 Å². The first-order chi connectivity index (χ1) is 4.06. The molecule has 0 aromatic rings. The molecule has 0 atom stereocenters. The molecule has 50 valence electrons. The van der Waals surface area contributed by atoms with Crippen molar-refractivity contribution in [1.82, 2.24) is 0 Å². The van der Waals surface area contributed by atoms with E-state index in [2.05, 4.69) is 26.7 Å². The van der Waals surface area contributed by atoms with Gasteiger partial charge in [0.05, 0.1) is 0 Å². The van der Waals surface area contributed by atoms with Crippen LogP contribution in [0.3, 0.4) is 0 Å².